The van der Waals surface area contributed by atoms with Crippen LogP contribution in [0.2, 0.25) is 18.1 Å². The highest BCUT2D eigenvalue weighted by molar-refractivity contribution is 6.84. The van der Waals surface area contributed by atoms with Gasteiger partial charge >= 0.3 is 12.1 Å². The maximum absolute atomic E-state index is 13.0. The first-order valence-electron chi connectivity index (χ1n) is 9.79. The number of carbonyl (C=O) groups excluding carboxylic acids is 2. The molecule has 1 N–H and O–H groups in total. The number of esters is 1. The molecule has 2 aromatic rings. The van der Waals surface area contributed by atoms with Gasteiger partial charge in [0.1, 0.15) is 18.9 Å². The van der Waals surface area contributed by atoms with Gasteiger partial charge in [-0.3, -0.25) is 4.79 Å². The maximum atomic E-state index is 13.0. The Morgan fingerprint density at radius 1 is 0.862 bits per heavy atom. The number of amides is 1. The van der Waals surface area contributed by atoms with Crippen molar-refractivity contribution >= 4 is 20.1 Å². The first-order valence-corrected chi connectivity index (χ1v) is 12.9. The molecule has 0 heterocycles. The van der Waals surface area contributed by atoms with Crippen molar-refractivity contribution in [3.05, 3.63) is 71.8 Å². The zero-order valence-corrected chi connectivity index (χ0v) is 18.9. The summed E-state index contributed by atoms with van der Waals surface area (Å²) in [6, 6.07) is 18.9. The molecule has 0 aromatic heterocycles. The van der Waals surface area contributed by atoms with Crippen LogP contribution in [0.25, 0.3) is 0 Å². The largest absolute Gasteiger partial charge is 0.460 e. The van der Waals surface area contributed by atoms with Crippen LogP contribution >= 0.6 is 0 Å². The van der Waals surface area contributed by atoms with Crippen LogP contribution in [-0.2, 0) is 27.5 Å². The molecule has 0 spiro atoms. The molecule has 0 aliphatic rings. The van der Waals surface area contributed by atoms with Crippen molar-refractivity contribution in [3.63, 3.8) is 0 Å². The van der Waals surface area contributed by atoms with Crippen LogP contribution in [0.4, 0.5) is 4.79 Å². The number of nitrogens with one attached hydrogen (secondary N) is 1. The summed E-state index contributed by atoms with van der Waals surface area (Å²) in [5.74, 6) is -0.419. The highest BCUT2D eigenvalue weighted by Gasteiger charge is 2.47. The van der Waals surface area contributed by atoms with Gasteiger partial charge in [-0.15, -0.1) is 0 Å². The minimum Gasteiger partial charge on any atom is -0.460 e. The van der Waals surface area contributed by atoms with E-state index in [-0.39, 0.29) is 18.3 Å². The lowest BCUT2D eigenvalue weighted by molar-refractivity contribution is -0.145. The average Bonchev–Trinajstić information content (AvgIpc) is 2.69. The van der Waals surface area contributed by atoms with E-state index in [1.54, 1.807) is 0 Å². The Morgan fingerprint density at radius 2 is 1.31 bits per heavy atom. The molecule has 0 radical (unpaired) electrons. The smallest absolute Gasteiger partial charge is 0.407 e. The van der Waals surface area contributed by atoms with Gasteiger partial charge < -0.3 is 14.8 Å². The summed E-state index contributed by atoms with van der Waals surface area (Å²) in [5.41, 5.74) is 1.08. The van der Waals surface area contributed by atoms with Crippen molar-refractivity contribution in [1.82, 2.24) is 5.32 Å². The lowest BCUT2D eigenvalue weighted by atomic mass is 10.2. The van der Waals surface area contributed by atoms with Gasteiger partial charge in [-0.05, 0) is 16.2 Å². The molecule has 6 heteroatoms. The molecule has 5 nitrogen and oxygen atoms in total. The number of ether oxygens (including phenoxy) is 2. The molecular formula is C23H31NO4Si. The van der Waals surface area contributed by atoms with E-state index in [4.69, 9.17) is 9.47 Å². The lowest BCUT2D eigenvalue weighted by Crippen LogP contribution is -2.61. The number of benzene rings is 2. The Hall–Kier alpha value is -2.60. The molecule has 156 valence electrons. The lowest BCUT2D eigenvalue weighted by Gasteiger charge is -2.41. The number of alkyl carbamates (subject to hydrolysis) is 1. The number of hydrogen-bond donors (Lipinski definition) is 1. The minimum atomic E-state index is -2.29. The number of rotatable bonds is 7. The van der Waals surface area contributed by atoms with Crippen LogP contribution in [0.15, 0.2) is 60.7 Å². The summed E-state index contributed by atoms with van der Waals surface area (Å²) in [6.07, 6.45) is -0.611. The van der Waals surface area contributed by atoms with E-state index in [1.807, 2.05) is 60.7 Å². The van der Waals surface area contributed by atoms with Gasteiger partial charge in [0.25, 0.3) is 0 Å². The van der Waals surface area contributed by atoms with Crippen LogP contribution in [0, 0.1) is 0 Å². The molecule has 0 saturated carbocycles. The van der Waals surface area contributed by atoms with Gasteiger partial charge in [-0.1, -0.05) is 94.5 Å². The Labute approximate surface area is 174 Å². The monoisotopic (exact) mass is 413 g/mol. The molecular weight excluding hydrogens is 382 g/mol. The fourth-order valence-electron chi connectivity index (χ4n) is 2.66. The highest BCUT2D eigenvalue weighted by Crippen LogP contribution is 2.38. The van der Waals surface area contributed by atoms with Gasteiger partial charge in [0, 0.05) is 0 Å². The molecule has 29 heavy (non-hydrogen) atoms. The normalized spacial score (nSPS) is 12.7. The van der Waals surface area contributed by atoms with E-state index in [0.717, 1.165) is 11.1 Å². The number of hydrogen-bond acceptors (Lipinski definition) is 4. The molecule has 2 rings (SSSR count). The summed E-state index contributed by atoms with van der Waals surface area (Å²) in [5, 5.41) is 2.67. The Morgan fingerprint density at radius 3 is 1.76 bits per heavy atom. The summed E-state index contributed by atoms with van der Waals surface area (Å²) < 4.78 is 10.9. The average molecular weight is 414 g/mol. The summed E-state index contributed by atoms with van der Waals surface area (Å²) >= 11 is 0. The molecule has 2 aromatic carbocycles. The third kappa shape index (κ3) is 6.46. The molecule has 1 atom stereocenters. The second-order valence-corrected chi connectivity index (χ2v) is 14.2. The number of carbonyl (C=O) groups is 2. The Balaban J connectivity index is 2.07. The van der Waals surface area contributed by atoms with Gasteiger partial charge in [0.2, 0.25) is 0 Å². The Kier molecular flexibility index (Phi) is 7.62. The van der Waals surface area contributed by atoms with Crippen LogP contribution in [0.1, 0.15) is 31.9 Å². The molecule has 0 aliphatic heterocycles. The summed E-state index contributed by atoms with van der Waals surface area (Å²) in [7, 11) is -2.29. The molecule has 0 fully saturated rings. The highest BCUT2D eigenvalue weighted by atomic mass is 28.3. The second kappa shape index (κ2) is 9.74. The second-order valence-electron chi connectivity index (χ2n) is 8.70. The van der Waals surface area contributed by atoms with Crippen molar-refractivity contribution in [1.29, 1.82) is 0 Å². The minimum absolute atomic E-state index is 0.129. The van der Waals surface area contributed by atoms with Crippen LogP contribution in [0.3, 0.4) is 0 Å². The van der Waals surface area contributed by atoms with Crippen molar-refractivity contribution in [2.24, 2.45) is 0 Å². The van der Waals surface area contributed by atoms with E-state index in [9.17, 15) is 9.59 Å². The van der Waals surface area contributed by atoms with Gasteiger partial charge in [0.15, 0.2) is 0 Å². The third-order valence-electron chi connectivity index (χ3n) is 5.59. The predicted molar refractivity (Wildman–Crippen MR) is 117 cm³/mol. The quantitative estimate of drug-likeness (QED) is 0.508. The molecule has 1 unspecified atom stereocenters. The first kappa shape index (κ1) is 22.7. The summed E-state index contributed by atoms with van der Waals surface area (Å²) in [4.78, 5) is 25.4. The fourth-order valence-corrected chi connectivity index (χ4v) is 4.68. The SMILES string of the molecule is CC(C)(C)[Si](C)(C)C(NC(=O)OCc1ccccc1)C(=O)OCc1ccccc1. The van der Waals surface area contributed by atoms with Gasteiger partial charge in [0.05, 0.1) is 8.07 Å². The van der Waals surface area contributed by atoms with E-state index >= 15 is 0 Å². The van der Waals surface area contributed by atoms with Gasteiger partial charge in [-0.2, -0.15) is 0 Å². The van der Waals surface area contributed by atoms with Crippen molar-refractivity contribution in [2.75, 3.05) is 0 Å². The molecule has 1 amide bonds. The zero-order valence-electron chi connectivity index (χ0n) is 17.9. The standard InChI is InChI=1S/C23H31NO4Si/c1-23(2,3)29(4,5)20(21(25)27-16-18-12-8-6-9-13-18)24-22(26)28-17-19-14-10-7-11-15-19/h6-15,20H,16-17H2,1-5H3,(H,24,26). The van der Waals surface area contributed by atoms with E-state index < -0.39 is 25.8 Å². The Bertz CT molecular complexity index is 801. The first-order chi connectivity index (χ1) is 13.6. The van der Waals surface area contributed by atoms with E-state index in [1.165, 1.54) is 0 Å². The third-order valence-corrected chi connectivity index (χ3v) is 11.3. The zero-order chi connectivity index (χ0) is 21.5. The topological polar surface area (TPSA) is 64.6 Å². The van der Waals surface area contributed by atoms with Crippen molar-refractivity contribution in [2.45, 2.75) is 57.8 Å². The van der Waals surface area contributed by atoms with E-state index in [0.29, 0.717) is 0 Å². The summed E-state index contributed by atoms with van der Waals surface area (Å²) in [6.45, 7) is 10.8. The van der Waals surface area contributed by atoms with E-state index in [2.05, 4.69) is 39.2 Å². The van der Waals surface area contributed by atoms with Crippen molar-refractivity contribution < 1.29 is 19.1 Å². The van der Waals surface area contributed by atoms with Crippen LogP contribution in [0.5, 0.6) is 0 Å². The van der Waals surface area contributed by atoms with Crippen molar-refractivity contribution in [3.8, 4) is 0 Å². The van der Waals surface area contributed by atoms with Crippen LogP contribution in [-0.4, -0.2) is 25.8 Å². The maximum Gasteiger partial charge on any atom is 0.407 e. The molecule has 0 aliphatic carbocycles. The molecule has 0 bridgehead atoms. The van der Waals surface area contributed by atoms with Gasteiger partial charge in [-0.25, -0.2) is 4.79 Å². The fraction of sp³-hybridized carbons (Fsp3) is 0.391. The van der Waals surface area contributed by atoms with Crippen LogP contribution < -0.4 is 5.32 Å². The predicted octanol–water partition coefficient (Wildman–Crippen LogP) is 5.07. The molecule has 0 saturated heterocycles.